The molecule has 1 unspecified atom stereocenters. The first-order valence-electron chi connectivity index (χ1n) is 5.70. The van der Waals surface area contributed by atoms with E-state index < -0.39 is 17.7 Å². The second kappa shape index (κ2) is 5.77. The number of halogens is 3. The van der Waals surface area contributed by atoms with E-state index in [4.69, 9.17) is 5.84 Å². The summed E-state index contributed by atoms with van der Waals surface area (Å²) in [4.78, 5) is 0. The van der Waals surface area contributed by atoms with Gasteiger partial charge in [-0.2, -0.15) is 0 Å². The van der Waals surface area contributed by atoms with Crippen molar-refractivity contribution in [3.05, 3.63) is 69.2 Å². The molecular weight excluding hydrogens is 314 g/mol. The molecule has 0 fully saturated rings. The molecule has 0 amide bonds. The molecule has 0 aliphatic carbocycles. The lowest BCUT2D eigenvalue weighted by Crippen LogP contribution is -2.29. The molecule has 100 valence electrons. The number of aryl methyl sites for hydroxylation is 1. The van der Waals surface area contributed by atoms with E-state index in [-0.39, 0.29) is 5.56 Å². The predicted molar refractivity (Wildman–Crippen MR) is 74.4 cm³/mol. The lowest BCUT2D eigenvalue weighted by molar-refractivity contribution is 0.483. The van der Waals surface area contributed by atoms with E-state index in [9.17, 15) is 8.78 Å². The Balaban J connectivity index is 2.50. The molecule has 3 N–H and O–H groups in total. The maximum absolute atomic E-state index is 13.8. The molecule has 2 aromatic rings. The summed E-state index contributed by atoms with van der Waals surface area (Å²) in [7, 11) is 0. The normalized spacial score (nSPS) is 12.5. The highest BCUT2D eigenvalue weighted by molar-refractivity contribution is 9.10. The van der Waals surface area contributed by atoms with Crippen LogP contribution in [0.5, 0.6) is 0 Å². The number of benzene rings is 2. The van der Waals surface area contributed by atoms with Gasteiger partial charge in [-0.05, 0) is 30.2 Å². The lowest BCUT2D eigenvalue weighted by atomic mass is 9.98. The first-order valence-corrected chi connectivity index (χ1v) is 6.50. The quantitative estimate of drug-likeness (QED) is 0.668. The molecule has 1 atom stereocenters. The van der Waals surface area contributed by atoms with Crippen LogP contribution in [0.25, 0.3) is 0 Å². The van der Waals surface area contributed by atoms with Crippen molar-refractivity contribution in [1.29, 1.82) is 0 Å². The first-order chi connectivity index (χ1) is 9.04. The van der Waals surface area contributed by atoms with Gasteiger partial charge < -0.3 is 0 Å². The molecule has 0 saturated carbocycles. The Morgan fingerprint density at radius 3 is 2.58 bits per heavy atom. The molecular formula is C14H13BrF2N2. The van der Waals surface area contributed by atoms with Crippen molar-refractivity contribution in [3.8, 4) is 0 Å². The maximum Gasteiger partial charge on any atom is 0.163 e. The van der Waals surface area contributed by atoms with Crippen molar-refractivity contribution in [2.45, 2.75) is 13.0 Å². The van der Waals surface area contributed by atoms with Crippen LogP contribution in [-0.4, -0.2) is 0 Å². The molecule has 0 saturated heterocycles. The molecule has 0 aliphatic heterocycles. The van der Waals surface area contributed by atoms with Crippen LogP contribution < -0.4 is 11.3 Å². The van der Waals surface area contributed by atoms with Crippen LogP contribution in [0, 0.1) is 18.6 Å². The van der Waals surface area contributed by atoms with E-state index in [0.717, 1.165) is 21.7 Å². The largest absolute Gasteiger partial charge is 0.271 e. The Kier molecular flexibility index (Phi) is 4.29. The van der Waals surface area contributed by atoms with E-state index in [1.807, 2.05) is 25.1 Å². The summed E-state index contributed by atoms with van der Waals surface area (Å²) in [5, 5.41) is 0. The Morgan fingerprint density at radius 1 is 1.21 bits per heavy atom. The Hall–Kier alpha value is -1.30. The second-order valence-corrected chi connectivity index (χ2v) is 5.11. The van der Waals surface area contributed by atoms with Gasteiger partial charge in [-0.25, -0.2) is 14.2 Å². The van der Waals surface area contributed by atoms with Gasteiger partial charge >= 0.3 is 0 Å². The van der Waals surface area contributed by atoms with Crippen LogP contribution in [0.15, 0.2) is 40.9 Å². The summed E-state index contributed by atoms with van der Waals surface area (Å²) in [6, 6.07) is 9.00. The van der Waals surface area contributed by atoms with Gasteiger partial charge in [0.1, 0.15) is 0 Å². The first kappa shape index (κ1) is 14.1. The standard InChI is InChI=1S/C14H13BrF2N2/c1-8-5-6-9(7-11(8)15)14(19-18)10-3-2-4-12(16)13(10)17/h2-7,14,19H,18H2,1H3. The van der Waals surface area contributed by atoms with Gasteiger partial charge in [-0.1, -0.05) is 40.2 Å². The monoisotopic (exact) mass is 326 g/mol. The van der Waals surface area contributed by atoms with E-state index in [1.165, 1.54) is 12.1 Å². The molecule has 0 aliphatic rings. The second-order valence-electron chi connectivity index (χ2n) is 4.25. The van der Waals surface area contributed by atoms with E-state index >= 15 is 0 Å². The van der Waals surface area contributed by atoms with Gasteiger partial charge in [0, 0.05) is 10.0 Å². The van der Waals surface area contributed by atoms with Crippen molar-refractivity contribution in [3.63, 3.8) is 0 Å². The van der Waals surface area contributed by atoms with Gasteiger partial charge in [0.2, 0.25) is 0 Å². The van der Waals surface area contributed by atoms with Crippen LogP contribution in [0.4, 0.5) is 8.78 Å². The zero-order valence-electron chi connectivity index (χ0n) is 10.3. The molecule has 19 heavy (non-hydrogen) atoms. The van der Waals surface area contributed by atoms with Gasteiger partial charge in [-0.15, -0.1) is 0 Å². The van der Waals surface area contributed by atoms with Gasteiger partial charge in [0.05, 0.1) is 6.04 Å². The molecule has 0 heterocycles. The summed E-state index contributed by atoms with van der Waals surface area (Å²) in [6.45, 7) is 1.95. The highest BCUT2D eigenvalue weighted by Crippen LogP contribution is 2.28. The highest BCUT2D eigenvalue weighted by Gasteiger charge is 2.19. The van der Waals surface area contributed by atoms with Gasteiger partial charge in [-0.3, -0.25) is 5.84 Å². The third-order valence-electron chi connectivity index (χ3n) is 2.99. The third kappa shape index (κ3) is 2.83. The van der Waals surface area contributed by atoms with Crippen molar-refractivity contribution in [2.75, 3.05) is 0 Å². The van der Waals surface area contributed by atoms with Crippen molar-refractivity contribution < 1.29 is 8.78 Å². The highest BCUT2D eigenvalue weighted by atomic mass is 79.9. The summed E-state index contributed by atoms with van der Waals surface area (Å²) in [6.07, 6.45) is 0. The van der Waals surface area contributed by atoms with Crippen LogP contribution in [0.1, 0.15) is 22.7 Å². The average Bonchev–Trinajstić information content (AvgIpc) is 2.39. The van der Waals surface area contributed by atoms with Crippen LogP contribution in [0.3, 0.4) is 0 Å². The average molecular weight is 327 g/mol. The minimum absolute atomic E-state index is 0.179. The molecule has 2 aromatic carbocycles. The number of hydrogen-bond acceptors (Lipinski definition) is 2. The topological polar surface area (TPSA) is 38.0 Å². The smallest absolute Gasteiger partial charge is 0.163 e. The van der Waals surface area contributed by atoms with Crippen molar-refractivity contribution in [2.24, 2.45) is 5.84 Å². The maximum atomic E-state index is 13.8. The summed E-state index contributed by atoms with van der Waals surface area (Å²) in [5.74, 6) is 3.72. The molecule has 0 spiro atoms. The molecule has 5 heteroatoms. The number of rotatable bonds is 3. The van der Waals surface area contributed by atoms with Crippen molar-refractivity contribution >= 4 is 15.9 Å². The number of nitrogens with one attached hydrogen (secondary N) is 1. The zero-order valence-corrected chi connectivity index (χ0v) is 11.8. The Bertz CT molecular complexity index is 602. The lowest BCUT2D eigenvalue weighted by Gasteiger charge is -2.18. The minimum atomic E-state index is -0.887. The molecule has 0 bridgehead atoms. The molecule has 2 rings (SSSR count). The van der Waals surface area contributed by atoms with E-state index in [0.29, 0.717) is 0 Å². The fourth-order valence-electron chi connectivity index (χ4n) is 1.90. The number of hydrazine groups is 1. The van der Waals surface area contributed by atoms with Crippen LogP contribution in [0.2, 0.25) is 0 Å². The fraction of sp³-hybridized carbons (Fsp3) is 0.143. The third-order valence-corrected chi connectivity index (χ3v) is 3.84. The predicted octanol–water partition coefficient (Wildman–Crippen LogP) is 3.59. The summed E-state index contributed by atoms with van der Waals surface area (Å²) >= 11 is 3.41. The van der Waals surface area contributed by atoms with Crippen LogP contribution in [-0.2, 0) is 0 Å². The molecule has 0 aromatic heterocycles. The van der Waals surface area contributed by atoms with Crippen molar-refractivity contribution in [1.82, 2.24) is 5.43 Å². The molecule has 0 radical (unpaired) electrons. The van der Waals surface area contributed by atoms with Crippen LogP contribution >= 0.6 is 15.9 Å². The summed E-state index contributed by atoms with van der Waals surface area (Å²) < 4.78 is 28.0. The fourth-order valence-corrected chi connectivity index (χ4v) is 2.29. The van der Waals surface area contributed by atoms with E-state index in [2.05, 4.69) is 21.4 Å². The molecule has 2 nitrogen and oxygen atoms in total. The van der Waals surface area contributed by atoms with E-state index in [1.54, 1.807) is 0 Å². The number of nitrogens with two attached hydrogens (primary N) is 1. The number of hydrogen-bond donors (Lipinski definition) is 2. The Labute approximate surface area is 118 Å². The SMILES string of the molecule is Cc1ccc(C(NN)c2cccc(F)c2F)cc1Br. The zero-order chi connectivity index (χ0) is 14.0. The Morgan fingerprint density at radius 2 is 1.95 bits per heavy atom. The van der Waals surface area contributed by atoms with Gasteiger partial charge in [0.25, 0.3) is 0 Å². The minimum Gasteiger partial charge on any atom is -0.271 e. The van der Waals surface area contributed by atoms with Gasteiger partial charge in [0.15, 0.2) is 11.6 Å². The summed E-state index contributed by atoms with van der Waals surface area (Å²) in [5.41, 5.74) is 4.51.